The molecule has 3 aromatic rings. The van der Waals surface area contributed by atoms with Crippen molar-refractivity contribution in [3.63, 3.8) is 0 Å². The molecular weight excluding hydrogens is 490 g/mol. The Bertz CT molecular complexity index is 1360. The van der Waals surface area contributed by atoms with Crippen molar-refractivity contribution in [2.24, 2.45) is 17.3 Å². The van der Waals surface area contributed by atoms with E-state index in [1.165, 1.54) is 24.5 Å². The number of sulfonamides is 1. The Balaban J connectivity index is 1.20. The van der Waals surface area contributed by atoms with Gasteiger partial charge in [-0.15, -0.1) is 5.10 Å². The first-order chi connectivity index (χ1) is 16.8. The maximum absolute atomic E-state index is 13.6. The minimum absolute atomic E-state index is 0.00528. The molecule has 35 heavy (non-hydrogen) atoms. The van der Waals surface area contributed by atoms with Crippen molar-refractivity contribution in [2.45, 2.75) is 49.0 Å². The summed E-state index contributed by atoms with van der Waals surface area (Å²) in [5.74, 6) is 0.899. The molecule has 1 amide bonds. The summed E-state index contributed by atoms with van der Waals surface area (Å²) < 4.78 is 29.5. The van der Waals surface area contributed by atoms with Crippen molar-refractivity contribution >= 4 is 39.2 Å². The Morgan fingerprint density at radius 1 is 1.03 bits per heavy atom. The molecule has 182 valence electrons. The van der Waals surface area contributed by atoms with Crippen molar-refractivity contribution in [1.82, 2.24) is 24.7 Å². The van der Waals surface area contributed by atoms with Gasteiger partial charge in [-0.1, -0.05) is 0 Å². The number of hydrogen-bond donors (Lipinski definition) is 2. The lowest BCUT2D eigenvalue weighted by atomic mass is 9.46. The van der Waals surface area contributed by atoms with Crippen molar-refractivity contribution in [1.29, 1.82) is 0 Å². The zero-order valence-electron chi connectivity index (χ0n) is 18.8. The molecule has 2 aromatic heterocycles. The molecule has 1 aromatic carbocycles. The number of nitrogens with one attached hydrogen (secondary N) is 2. The summed E-state index contributed by atoms with van der Waals surface area (Å²) in [6.07, 6.45) is 10.1. The van der Waals surface area contributed by atoms with E-state index in [9.17, 15) is 13.2 Å². The Morgan fingerprint density at radius 2 is 1.71 bits per heavy atom. The molecule has 0 spiro atoms. The second-order valence-electron chi connectivity index (χ2n) is 10.1. The summed E-state index contributed by atoms with van der Waals surface area (Å²) in [6.45, 7) is 0. The van der Waals surface area contributed by atoms with E-state index >= 15 is 0 Å². The number of carbonyl (C=O) groups excluding carboxylic acids is 1. The number of aromatic nitrogens is 5. The van der Waals surface area contributed by atoms with Crippen molar-refractivity contribution in [2.75, 3.05) is 10.0 Å². The molecule has 4 aliphatic rings. The predicted octanol–water partition coefficient (Wildman–Crippen LogP) is 3.46. The molecule has 0 radical (unpaired) electrons. The molecule has 2 unspecified atom stereocenters. The molecule has 12 heteroatoms. The first-order valence-corrected chi connectivity index (χ1v) is 13.4. The Morgan fingerprint density at radius 3 is 2.34 bits per heavy atom. The largest absolute Gasteiger partial charge is 0.326 e. The topological polar surface area (TPSA) is 132 Å². The van der Waals surface area contributed by atoms with Crippen LogP contribution in [0.25, 0.3) is 0 Å². The maximum atomic E-state index is 13.6. The fourth-order valence-electron chi connectivity index (χ4n) is 6.73. The van der Waals surface area contributed by atoms with E-state index in [0.717, 1.165) is 32.1 Å². The van der Waals surface area contributed by atoms with Gasteiger partial charge in [0.05, 0.1) is 15.8 Å². The monoisotopic (exact) mass is 513 g/mol. The first-order valence-electron chi connectivity index (χ1n) is 11.5. The minimum atomic E-state index is -3.85. The summed E-state index contributed by atoms with van der Waals surface area (Å²) in [5, 5.41) is 7.68. The number of carbonyl (C=O) groups is 1. The van der Waals surface area contributed by atoms with Gasteiger partial charge >= 0.3 is 0 Å². The van der Waals surface area contributed by atoms with E-state index in [1.807, 2.05) is 4.68 Å². The quantitative estimate of drug-likeness (QED) is 0.515. The first kappa shape index (κ1) is 22.4. The Hall–Kier alpha value is -3.05. The Labute approximate surface area is 207 Å². The molecular formula is C23H24ClN7O3S. The van der Waals surface area contributed by atoms with Crippen LogP contribution in [-0.2, 0) is 20.4 Å². The number of anilines is 2. The van der Waals surface area contributed by atoms with Crippen molar-refractivity contribution in [3.05, 3.63) is 54.3 Å². The smallest absolute Gasteiger partial charge is 0.264 e. The second kappa shape index (κ2) is 7.99. The number of halogens is 1. The molecule has 10 nitrogen and oxygen atoms in total. The van der Waals surface area contributed by atoms with Gasteiger partial charge in [-0.2, -0.15) is 0 Å². The van der Waals surface area contributed by atoms with Gasteiger partial charge in [-0.3, -0.25) is 4.79 Å². The fraction of sp³-hybridized carbons (Fsp3) is 0.435. The van der Waals surface area contributed by atoms with Crippen LogP contribution < -0.4 is 10.0 Å². The van der Waals surface area contributed by atoms with Crippen LogP contribution in [0.3, 0.4) is 0 Å². The summed E-state index contributed by atoms with van der Waals surface area (Å²) in [5.41, 5.74) is -0.164. The van der Waals surface area contributed by atoms with Gasteiger partial charge in [0, 0.05) is 18.1 Å². The molecule has 2 N–H and O–H groups in total. The van der Waals surface area contributed by atoms with Gasteiger partial charge < -0.3 is 5.32 Å². The highest BCUT2D eigenvalue weighted by molar-refractivity contribution is 7.92. The predicted molar refractivity (Wildman–Crippen MR) is 128 cm³/mol. The van der Waals surface area contributed by atoms with E-state index in [2.05, 4.69) is 30.1 Å². The molecule has 4 aliphatic carbocycles. The molecule has 7 rings (SSSR count). The van der Waals surface area contributed by atoms with Gasteiger partial charge in [-0.25, -0.2) is 32.8 Å². The fourth-order valence-corrected chi connectivity index (χ4v) is 7.81. The molecule has 4 saturated carbocycles. The van der Waals surface area contributed by atoms with E-state index in [1.54, 1.807) is 24.5 Å². The SMILES string of the molecule is O=C(Nc1ccc(S(=O)(=O)Nc2ncccn2)cc1)C12C[C@H]3C[C@@H](C1)CC(n1cnc(Cl)n1)(C3)C2. The highest BCUT2D eigenvalue weighted by Crippen LogP contribution is 2.64. The zero-order chi connectivity index (χ0) is 24.3. The number of rotatable bonds is 6. The normalized spacial score (nSPS) is 29.2. The third-order valence-electron chi connectivity index (χ3n) is 7.68. The van der Waals surface area contributed by atoms with Crippen LogP contribution in [0.2, 0.25) is 5.28 Å². The summed E-state index contributed by atoms with van der Waals surface area (Å²) in [7, 11) is -3.85. The number of hydrogen-bond acceptors (Lipinski definition) is 7. The summed E-state index contributed by atoms with van der Waals surface area (Å²) >= 11 is 6.02. The molecule has 4 bridgehead atoms. The number of nitrogens with zero attached hydrogens (tertiary/aromatic N) is 5. The lowest BCUT2D eigenvalue weighted by molar-refractivity contribution is -0.150. The van der Waals surface area contributed by atoms with E-state index < -0.39 is 15.4 Å². The summed E-state index contributed by atoms with van der Waals surface area (Å²) in [6, 6.07) is 7.72. The maximum Gasteiger partial charge on any atom is 0.264 e. The standard InChI is InChI=1S/C23H24ClN7O3S/c24-20-27-14-31(29-20)23-11-15-8-16(12-23)10-22(9-15,13-23)19(32)28-17-2-4-18(5-3-17)35(33,34)30-21-25-6-1-7-26-21/h1-7,14-16H,8-13H2,(H,28,32)(H,25,26,30)/t15-,16+,22?,23?. The molecule has 4 atom stereocenters. The average molecular weight is 514 g/mol. The van der Waals surface area contributed by atoms with Crippen molar-refractivity contribution < 1.29 is 13.2 Å². The van der Waals surface area contributed by atoms with Crippen molar-refractivity contribution in [3.8, 4) is 0 Å². The van der Waals surface area contributed by atoms with Crippen LogP contribution in [-0.4, -0.2) is 39.1 Å². The zero-order valence-corrected chi connectivity index (χ0v) is 20.3. The minimum Gasteiger partial charge on any atom is -0.326 e. The van der Waals surface area contributed by atoms with E-state index in [0.29, 0.717) is 23.9 Å². The highest BCUT2D eigenvalue weighted by atomic mass is 35.5. The molecule has 0 aliphatic heterocycles. The third kappa shape index (κ3) is 3.96. The average Bonchev–Trinajstić information content (AvgIpc) is 3.26. The number of amides is 1. The lowest BCUT2D eigenvalue weighted by Gasteiger charge is -2.60. The Kier molecular flexibility index (Phi) is 5.12. The van der Waals surface area contributed by atoms with E-state index in [-0.39, 0.29) is 27.6 Å². The van der Waals surface area contributed by atoms with Gasteiger partial charge in [0.15, 0.2) is 0 Å². The molecule has 0 saturated heterocycles. The van der Waals surface area contributed by atoms with Gasteiger partial charge in [0.25, 0.3) is 10.0 Å². The van der Waals surface area contributed by atoms with Gasteiger partial charge in [-0.05, 0) is 92.3 Å². The van der Waals surface area contributed by atoms with Gasteiger partial charge in [0.1, 0.15) is 6.33 Å². The van der Waals surface area contributed by atoms with Crippen LogP contribution in [0.5, 0.6) is 0 Å². The molecule has 4 fully saturated rings. The van der Waals surface area contributed by atoms with Crippen LogP contribution in [0, 0.1) is 17.3 Å². The second-order valence-corrected chi connectivity index (χ2v) is 12.1. The van der Waals surface area contributed by atoms with Crippen LogP contribution in [0.1, 0.15) is 38.5 Å². The van der Waals surface area contributed by atoms with Crippen LogP contribution in [0.4, 0.5) is 11.6 Å². The highest BCUT2D eigenvalue weighted by Gasteiger charge is 2.61. The van der Waals surface area contributed by atoms with E-state index in [4.69, 9.17) is 11.6 Å². The number of benzene rings is 1. The van der Waals surface area contributed by atoms with Crippen LogP contribution >= 0.6 is 11.6 Å². The van der Waals surface area contributed by atoms with Crippen LogP contribution in [0.15, 0.2) is 53.9 Å². The lowest BCUT2D eigenvalue weighted by Crippen LogP contribution is -2.60. The van der Waals surface area contributed by atoms with Gasteiger partial charge in [0.2, 0.25) is 17.1 Å². The summed E-state index contributed by atoms with van der Waals surface area (Å²) in [4.78, 5) is 25.6. The molecule has 2 heterocycles. The third-order valence-corrected chi connectivity index (χ3v) is 9.19.